The van der Waals surface area contributed by atoms with Gasteiger partial charge in [-0.05, 0) is 36.5 Å². The fourth-order valence-corrected chi connectivity index (χ4v) is 2.12. The zero-order valence-electron chi connectivity index (χ0n) is 10.9. The number of nitrogens with one attached hydrogen (secondary N) is 1. The van der Waals surface area contributed by atoms with Gasteiger partial charge in [-0.2, -0.15) is 0 Å². The number of ether oxygens (including phenoxy) is 1. The third-order valence-electron chi connectivity index (χ3n) is 3.21. The van der Waals surface area contributed by atoms with Crippen LogP contribution in [0.2, 0.25) is 0 Å². The van der Waals surface area contributed by atoms with Crippen LogP contribution >= 0.6 is 0 Å². The number of aliphatic hydroxyl groups excluding tert-OH is 1. The van der Waals surface area contributed by atoms with Crippen molar-refractivity contribution < 1.29 is 14.6 Å². The number of benzene rings is 1. The minimum absolute atomic E-state index is 0.0536. The minimum atomic E-state index is -1.11. The molecule has 1 aliphatic rings. The molecule has 0 bridgehead atoms. The maximum absolute atomic E-state index is 11.3. The van der Waals surface area contributed by atoms with Crippen LogP contribution in [0.4, 0.5) is 0 Å². The van der Waals surface area contributed by atoms with E-state index in [2.05, 4.69) is 11.4 Å². The van der Waals surface area contributed by atoms with Crippen molar-refractivity contribution in [3.05, 3.63) is 29.3 Å². The van der Waals surface area contributed by atoms with E-state index in [9.17, 15) is 9.90 Å². The molecule has 1 heterocycles. The van der Waals surface area contributed by atoms with Gasteiger partial charge in [-0.25, -0.2) is 0 Å². The molecule has 5 heteroatoms. The minimum Gasteiger partial charge on any atom is -0.493 e. The molecule has 0 aromatic heterocycles. The molecule has 1 aromatic carbocycles. The van der Waals surface area contributed by atoms with Crippen LogP contribution in [0.15, 0.2) is 18.2 Å². The summed E-state index contributed by atoms with van der Waals surface area (Å²) in [7, 11) is 0. The molecule has 4 N–H and O–H groups in total. The van der Waals surface area contributed by atoms with Crippen molar-refractivity contribution in [1.29, 1.82) is 0 Å². The van der Waals surface area contributed by atoms with Crippen LogP contribution in [-0.4, -0.2) is 36.8 Å². The molecule has 1 atom stereocenters. The summed E-state index contributed by atoms with van der Waals surface area (Å²) in [5, 5.41) is 11.9. The summed E-state index contributed by atoms with van der Waals surface area (Å²) in [6.07, 6.45) is 1.71. The molecule has 5 nitrogen and oxygen atoms in total. The van der Waals surface area contributed by atoms with Gasteiger partial charge in [0.25, 0.3) is 0 Å². The Morgan fingerprint density at radius 1 is 1.53 bits per heavy atom. The first-order chi connectivity index (χ1) is 9.20. The van der Waals surface area contributed by atoms with Gasteiger partial charge in [-0.1, -0.05) is 12.1 Å². The third kappa shape index (κ3) is 3.68. The number of nitrogens with two attached hydrogens (primary N) is 1. The number of aliphatic hydroxyl groups is 1. The van der Waals surface area contributed by atoms with Gasteiger partial charge in [0, 0.05) is 13.1 Å². The van der Waals surface area contributed by atoms with Crippen molar-refractivity contribution in [3.8, 4) is 5.75 Å². The van der Waals surface area contributed by atoms with E-state index in [-0.39, 0.29) is 6.54 Å². The second kappa shape index (κ2) is 6.54. The lowest BCUT2D eigenvalue weighted by Crippen LogP contribution is -2.39. The summed E-state index contributed by atoms with van der Waals surface area (Å²) >= 11 is 0. The molecule has 0 spiro atoms. The summed E-state index contributed by atoms with van der Waals surface area (Å²) in [4.78, 5) is 11.3. The van der Waals surface area contributed by atoms with Gasteiger partial charge in [0.15, 0.2) is 0 Å². The molecular weight excluding hydrogens is 244 g/mol. The molecule has 0 aliphatic carbocycles. The predicted molar refractivity (Wildman–Crippen MR) is 72.0 cm³/mol. The number of carbonyl (C=O) groups is 1. The van der Waals surface area contributed by atoms with Gasteiger partial charge < -0.3 is 20.9 Å². The lowest BCUT2D eigenvalue weighted by Gasteiger charge is -2.18. The average molecular weight is 264 g/mol. The summed E-state index contributed by atoms with van der Waals surface area (Å²) in [6.45, 7) is 1.23. The van der Waals surface area contributed by atoms with E-state index < -0.39 is 12.0 Å². The van der Waals surface area contributed by atoms with Crippen LogP contribution in [0.3, 0.4) is 0 Å². The molecular formula is C14H20N2O3. The summed E-state index contributed by atoms with van der Waals surface area (Å²) < 4.78 is 5.55. The summed E-state index contributed by atoms with van der Waals surface area (Å²) in [6, 6.07) is 6.12. The van der Waals surface area contributed by atoms with Crippen LogP contribution < -0.4 is 15.8 Å². The number of hydrogen-bond acceptors (Lipinski definition) is 4. The maximum atomic E-state index is 11.3. The zero-order chi connectivity index (χ0) is 13.7. The van der Waals surface area contributed by atoms with Crippen LogP contribution in [-0.2, 0) is 17.6 Å². The molecule has 104 valence electrons. The fourth-order valence-electron chi connectivity index (χ4n) is 2.12. The Bertz CT molecular complexity index is 448. The second-order valence-corrected chi connectivity index (χ2v) is 4.69. The Kier molecular flexibility index (Phi) is 4.76. The Labute approximate surface area is 112 Å². The molecule has 1 amide bonds. The average Bonchev–Trinajstić information content (AvgIpc) is 2.46. The molecule has 1 aliphatic heterocycles. The highest BCUT2D eigenvalue weighted by molar-refractivity contribution is 5.80. The van der Waals surface area contributed by atoms with Gasteiger partial charge >= 0.3 is 0 Å². The number of hydrogen-bond donors (Lipinski definition) is 3. The topological polar surface area (TPSA) is 84.6 Å². The van der Waals surface area contributed by atoms with Crippen LogP contribution in [0.25, 0.3) is 0 Å². The van der Waals surface area contributed by atoms with Crippen molar-refractivity contribution in [3.63, 3.8) is 0 Å². The van der Waals surface area contributed by atoms with Gasteiger partial charge in [0.1, 0.15) is 11.9 Å². The predicted octanol–water partition coefficient (Wildman–Crippen LogP) is -0.0101. The Hall–Kier alpha value is -1.59. The summed E-state index contributed by atoms with van der Waals surface area (Å²) in [5.41, 5.74) is 7.60. The van der Waals surface area contributed by atoms with Crippen molar-refractivity contribution in [2.45, 2.75) is 25.4 Å². The first-order valence-corrected chi connectivity index (χ1v) is 6.61. The van der Waals surface area contributed by atoms with Gasteiger partial charge in [-0.15, -0.1) is 0 Å². The SMILES string of the molecule is NCC(O)C(=O)NCCc1ccc2c(c1)CCCO2. The van der Waals surface area contributed by atoms with Crippen LogP contribution in [0.1, 0.15) is 17.5 Å². The molecule has 2 rings (SSSR count). The fraction of sp³-hybridized carbons (Fsp3) is 0.500. The maximum Gasteiger partial charge on any atom is 0.250 e. The normalized spacial score (nSPS) is 15.3. The number of rotatable bonds is 5. The monoisotopic (exact) mass is 264 g/mol. The van der Waals surface area contributed by atoms with Crippen molar-refractivity contribution in [2.75, 3.05) is 19.7 Å². The number of carbonyl (C=O) groups excluding carboxylic acids is 1. The molecule has 19 heavy (non-hydrogen) atoms. The van der Waals surface area contributed by atoms with Crippen molar-refractivity contribution in [2.24, 2.45) is 5.73 Å². The quantitative estimate of drug-likeness (QED) is 0.698. The standard InChI is InChI=1S/C14H20N2O3/c15-9-12(17)14(18)16-6-5-10-3-4-13-11(8-10)2-1-7-19-13/h3-4,8,12,17H,1-2,5-7,9,15H2,(H,16,18). The highest BCUT2D eigenvalue weighted by atomic mass is 16.5. The molecule has 0 saturated carbocycles. The number of aryl methyl sites for hydroxylation is 1. The zero-order valence-corrected chi connectivity index (χ0v) is 10.9. The van der Waals surface area contributed by atoms with E-state index in [1.807, 2.05) is 12.1 Å². The molecule has 1 aromatic rings. The second-order valence-electron chi connectivity index (χ2n) is 4.69. The Balaban J connectivity index is 1.85. The lowest BCUT2D eigenvalue weighted by atomic mass is 10.0. The van der Waals surface area contributed by atoms with E-state index in [0.717, 1.165) is 37.2 Å². The third-order valence-corrected chi connectivity index (χ3v) is 3.21. The van der Waals surface area contributed by atoms with Crippen molar-refractivity contribution in [1.82, 2.24) is 5.32 Å². The van der Waals surface area contributed by atoms with Crippen molar-refractivity contribution >= 4 is 5.91 Å². The molecule has 0 fully saturated rings. The highest BCUT2D eigenvalue weighted by Gasteiger charge is 2.12. The first-order valence-electron chi connectivity index (χ1n) is 6.61. The molecule has 0 radical (unpaired) electrons. The lowest BCUT2D eigenvalue weighted by molar-refractivity contribution is -0.128. The Morgan fingerprint density at radius 2 is 2.37 bits per heavy atom. The number of fused-ring (bicyclic) bond motifs is 1. The molecule has 0 saturated heterocycles. The van der Waals surface area contributed by atoms with E-state index in [4.69, 9.17) is 10.5 Å². The van der Waals surface area contributed by atoms with Crippen LogP contribution in [0.5, 0.6) is 5.75 Å². The molecule has 1 unspecified atom stereocenters. The van der Waals surface area contributed by atoms with Gasteiger partial charge in [0.05, 0.1) is 6.61 Å². The van der Waals surface area contributed by atoms with Gasteiger partial charge in [0.2, 0.25) is 5.91 Å². The highest BCUT2D eigenvalue weighted by Crippen LogP contribution is 2.25. The van der Waals surface area contributed by atoms with E-state index >= 15 is 0 Å². The van der Waals surface area contributed by atoms with E-state index in [0.29, 0.717) is 6.54 Å². The van der Waals surface area contributed by atoms with Crippen LogP contribution in [0, 0.1) is 0 Å². The summed E-state index contributed by atoms with van der Waals surface area (Å²) in [5.74, 6) is 0.557. The smallest absolute Gasteiger partial charge is 0.250 e. The number of amides is 1. The Morgan fingerprint density at radius 3 is 3.16 bits per heavy atom. The van der Waals surface area contributed by atoms with E-state index in [1.54, 1.807) is 0 Å². The largest absolute Gasteiger partial charge is 0.493 e. The van der Waals surface area contributed by atoms with Gasteiger partial charge in [-0.3, -0.25) is 4.79 Å². The first kappa shape index (κ1) is 13.8. The van der Waals surface area contributed by atoms with E-state index in [1.165, 1.54) is 5.56 Å².